The molecule has 0 saturated carbocycles. The van der Waals surface area contributed by atoms with Crippen LogP contribution in [0.4, 0.5) is 0 Å². The van der Waals surface area contributed by atoms with Gasteiger partial charge >= 0.3 is 0 Å². The Hall–Kier alpha value is -4.10. The predicted octanol–water partition coefficient (Wildman–Crippen LogP) is 4.67. The summed E-state index contributed by atoms with van der Waals surface area (Å²) in [4.78, 5) is 36.2. The fourth-order valence-corrected chi connectivity index (χ4v) is 3.51. The number of carbonyl (C=O) groups is 2. The van der Waals surface area contributed by atoms with Crippen molar-refractivity contribution in [1.29, 1.82) is 0 Å². The number of nitrogens with zero attached hydrogens (tertiary/aromatic N) is 2. The number of aromatic nitrogens is 3. The first-order chi connectivity index (χ1) is 17.2. The Morgan fingerprint density at radius 3 is 2.46 bits per heavy atom. The van der Waals surface area contributed by atoms with Crippen LogP contribution in [0.2, 0.25) is 0 Å². The van der Waals surface area contributed by atoms with Gasteiger partial charge in [-0.05, 0) is 36.9 Å². The second kappa shape index (κ2) is 13.0. The summed E-state index contributed by atoms with van der Waals surface area (Å²) >= 11 is 0. The average Bonchev–Trinajstić information content (AvgIpc) is 3.36. The van der Waals surface area contributed by atoms with Gasteiger partial charge in [-0.15, -0.1) is 0 Å². The summed E-state index contributed by atoms with van der Waals surface area (Å²) in [6.45, 7) is 5.24. The van der Waals surface area contributed by atoms with Crippen LogP contribution in [-0.4, -0.2) is 40.7 Å². The van der Waals surface area contributed by atoms with Crippen LogP contribution in [0.15, 0.2) is 72.9 Å². The van der Waals surface area contributed by atoms with E-state index in [4.69, 9.17) is 0 Å². The Morgan fingerprint density at radius 1 is 1.03 bits per heavy atom. The van der Waals surface area contributed by atoms with E-state index in [2.05, 4.69) is 25.6 Å². The van der Waals surface area contributed by atoms with Crippen molar-refractivity contribution in [2.75, 3.05) is 13.6 Å². The molecule has 35 heavy (non-hydrogen) atoms. The number of rotatable bonds is 9. The molecule has 4 rings (SSSR count). The number of benzene rings is 2. The molecule has 0 atom stereocenters. The zero-order chi connectivity index (χ0) is 25.0. The average molecular weight is 470 g/mol. The van der Waals surface area contributed by atoms with Crippen LogP contribution in [0.25, 0.3) is 22.8 Å². The monoisotopic (exact) mass is 469 g/mol. The van der Waals surface area contributed by atoms with E-state index in [1.54, 1.807) is 24.4 Å². The van der Waals surface area contributed by atoms with E-state index >= 15 is 0 Å². The molecule has 7 nitrogen and oxygen atoms in total. The normalized spacial score (nSPS) is 10.3. The third-order valence-electron chi connectivity index (χ3n) is 5.32. The van der Waals surface area contributed by atoms with Gasteiger partial charge in [0.2, 0.25) is 0 Å². The minimum Gasteiger partial charge on any atom is -0.356 e. The highest BCUT2D eigenvalue weighted by atomic mass is 16.1. The molecular weight excluding hydrogens is 438 g/mol. The summed E-state index contributed by atoms with van der Waals surface area (Å²) in [7, 11) is 1.87. The maximum atomic E-state index is 12.5. The summed E-state index contributed by atoms with van der Waals surface area (Å²) in [6.07, 6.45) is 3.26. The van der Waals surface area contributed by atoms with Crippen molar-refractivity contribution in [3.8, 4) is 22.8 Å². The van der Waals surface area contributed by atoms with Crippen molar-refractivity contribution in [3.63, 3.8) is 0 Å². The molecule has 1 amide bonds. The van der Waals surface area contributed by atoms with Gasteiger partial charge in [0.1, 0.15) is 0 Å². The van der Waals surface area contributed by atoms with Crippen LogP contribution in [0, 0.1) is 0 Å². The summed E-state index contributed by atoms with van der Waals surface area (Å²) in [5, 5.41) is 6.01. The van der Waals surface area contributed by atoms with Crippen LogP contribution >= 0.6 is 0 Å². The zero-order valence-corrected chi connectivity index (χ0v) is 20.3. The molecule has 2 aromatic heterocycles. The molecule has 0 aliphatic heterocycles. The highest BCUT2D eigenvalue weighted by Crippen LogP contribution is 2.23. The van der Waals surface area contributed by atoms with Gasteiger partial charge in [-0.1, -0.05) is 56.3 Å². The number of H-pyrrole nitrogens is 1. The van der Waals surface area contributed by atoms with E-state index in [1.807, 2.05) is 69.4 Å². The first kappa shape index (κ1) is 25.5. The van der Waals surface area contributed by atoms with Crippen LogP contribution in [0.1, 0.15) is 45.8 Å². The van der Waals surface area contributed by atoms with Crippen molar-refractivity contribution in [2.24, 2.45) is 0 Å². The standard InChI is InChI=1S/C26H25N5O2.C2H6/c1-27-13-11-22-21(17-32)15-24(30-22)23-12-14-28-25(31-23)19-7-9-20(10-8-19)26(33)29-16-18-5-3-2-4-6-18;1-2/h2-10,12,14-15,17,27,30H,11,13,16H2,1H3,(H,29,33);1-2H3. The Balaban J connectivity index is 0.00000167. The zero-order valence-electron chi connectivity index (χ0n) is 20.3. The fourth-order valence-electron chi connectivity index (χ4n) is 3.51. The smallest absolute Gasteiger partial charge is 0.251 e. The molecule has 0 unspecified atom stereocenters. The molecular formula is C28H31N5O2. The Labute approximate surface area is 206 Å². The van der Waals surface area contributed by atoms with Gasteiger partial charge in [0.05, 0.1) is 11.4 Å². The van der Waals surface area contributed by atoms with Gasteiger partial charge in [0.15, 0.2) is 12.1 Å². The number of likely N-dealkylation sites (N-methyl/N-ethyl adjacent to an activating group) is 1. The number of carbonyl (C=O) groups excluding carboxylic acids is 2. The van der Waals surface area contributed by atoms with Gasteiger partial charge in [-0.3, -0.25) is 9.59 Å². The van der Waals surface area contributed by atoms with E-state index in [-0.39, 0.29) is 5.91 Å². The minimum absolute atomic E-state index is 0.137. The van der Waals surface area contributed by atoms with Crippen LogP contribution in [0.5, 0.6) is 0 Å². The fraction of sp³-hybridized carbons (Fsp3) is 0.214. The van der Waals surface area contributed by atoms with Crippen LogP contribution in [-0.2, 0) is 13.0 Å². The predicted molar refractivity (Wildman–Crippen MR) is 139 cm³/mol. The number of aromatic amines is 1. The lowest BCUT2D eigenvalue weighted by Gasteiger charge is -2.07. The van der Waals surface area contributed by atoms with Gasteiger partial charge < -0.3 is 15.6 Å². The molecule has 0 spiro atoms. The molecule has 0 saturated heterocycles. The van der Waals surface area contributed by atoms with Crippen molar-refractivity contribution >= 4 is 12.2 Å². The third kappa shape index (κ3) is 6.71. The van der Waals surface area contributed by atoms with Crippen molar-refractivity contribution in [1.82, 2.24) is 25.6 Å². The van der Waals surface area contributed by atoms with Gasteiger partial charge in [-0.25, -0.2) is 9.97 Å². The first-order valence-electron chi connectivity index (χ1n) is 11.8. The van der Waals surface area contributed by atoms with Crippen molar-refractivity contribution < 1.29 is 9.59 Å². The van der Waals surface area contributed by atoms with Crippen molar-refractivity contribution in [3.05, 3.63) is 95.3 Å². The third-order valence-corrected chi connectivity index (χ3v) is 5.32. The Kier molecular flexibility index (Phi) is 9.45. The van der Waals surface area contributed by atoms with E-state index < -0.39 is 0 Å². The molecule has 0 aliphatic rings. The Bertz CT molecular complexity index is 1230. The quantitative estimate of drug-likeness (QED) is 0.309. The number of nitrogens with one attached hydrogen (secondary N) is 3. The van der Waals surface area contributed by atoms with Gasteiger partial charge in [0, 0.05) is 48.1 Å². The van der Waals surface area contributed by atoms with Gasteiger partial charge in [-0.2, -0.15) is 0 Å². The summed E-state index contributed by atoms with van der Waals surface area (Å²) in [6, 6.07) is 20.6. The number of aldehydes is 1. The minimum atomic E-state index is -0.137. The van der Waals surface area contributed by atoms with E-state index in [9.17, 15) is 9.59 Å². The summed E-state index contributed by atoms with van der Waals surface area (Å²) in [5.74, 6) is 0.407. The molecule has 0 aliphatic carbocycles. The molecule has 7 heteroatoms. The molecule has 0 fully saturated rings. The second-order valence-electron chi connectivity index (χ2n) is 7.60. The molecule has 0 radical (unpaired) electrons. The molecule has 3 N–H and O–H groups in total. The lowest BCUT2D eigenvalue weighted by atomic mass is 10.1. The maximum Gasteiger partial charge on any atom is 0.251 e. The number of amides is 1. The highest BCUT2D eigenvalue weighted by molar-refractivity contribution is 5.94. The topological polar surface area (TPSA) is 99.8 Å². The van der Waals surface area contributed by atoms with E-state index in [0.717, 1.165) is 41.8 Å². The number of hydrogen-bond acceptors (Lipinski definition) is 5. The van der Waals surface area contributed by atoms with Crippen LogP contribution < -0.4 is 10.6 Å². The lowest BCUT2D eigenvalue weighted by molar-refractivity contribution is 0.0950. The Morgan fingerprint density at radius 2 is 1.77 bits per heavy atom. The summed E-state index contributed by atoms with van der Waals surface area (Å²) in [5.41, 5.74) is 5.39. The first-order valence-corrected chi connectivity index (χ1v) is 11.8. The molecule has 4 aromatic rings. The molecule has 0 bridgehead atoms. The molecule has 2 aromatic carbocycles. The van der Waals surface area contributed by atoms with Crippen molar-refractivity contribution in [2.45, 2.75) is 26.8 Å². The number of hydrogen-bond donors (Lipinski definition) is 3. The SMILES string of the molecule is CC.CNCCc1[nH]c(-c2ccnc(-c3ccc(C(=O)NCc4ccccc4)cc3)n2)cc1C=O. The van der Waals surface area contributed by atoms with Gasteiger partial charge in [0.25, 0.3) is 5.91 Å². The van der Waals surface area contributed by atoms with Crippen LogP contribution in [0.3, 0.4) is 0 Å². The maximum absolute atomic E-state index is 12.5. The van der Waals surface area contributed by atoms with E-state index in [0.29, 0.717) is 29.2 Å². The lowest BCUT2D eigenvalue weighted by Crippen LogP contribution is -2.22. The largest absolute Gasteiger partial charge is 0.356 e. The second-order valence-corrected chi connectivity index (χ2v) is 7.60. The molecule has 2 heterocycles. The molecule has 180 valence electrons. The summed E-state index contributed by atoms with van der Waals surface area (Å²) < 4.78 is 0. The highest BCUT2D eigenvalue weighted by Gasteiger charge is 2.12. The van der Waals surface area contributed by atoms with E-state index in [1.165, 1.54) is 0 Å².